The Morgan fingerprint density at radius 1 is 1.17 bits per heavy atom. The van der Waals surface area contributed by atoms with Crippen LogP contribution in [0.1, 0.15) is 45.4 Å². The highest BCUT2D eigenvalue weighted by atomic mass is 16.5. The fourth-order valence-corrected chi connectivity index (χ4v) is 4.04. The lowest BCUT2D eigenvalue weighted by Crippen LogP contribution is -2.47. The van der Waals surface area contributed by atoms with Crippen LogP contribution in [-0.4, -0.2) is 80.0 Å². The molecule has 1 N–H and O–H groups in total. The van der Waals surface area contributed by atoms with Crippen molar-refractivity contribution in [2.24, 2.45) is 0 Å². The highest BCUT2D eigenvalue weighted by molar-refractivity contribution is 5.74. The van der Waals surface area contributed by atoms with Crippen LogP contribution in [0.3, 0.4) is 0 Å². The van der Waals surface area contributed by atoms with E-state index in [1.54, 1.807) is 0 Å². The van der Waals surface area contributed by atoms with Crippen LogP contribution in [0.25, 0.3) is 0 Å². The van der Waals surface area contributed by atoms with Crippen molar-refractivity contribution in [3.05, 3.63) is 0 Å². The van der Waals surface area contributed by atoms with E-state index in [4.69, 9.17) is 9.47 Å². The number of hydrogen-bond acceptors (Lipinski definition) is 4. The minimum Gasteiger partial charge on any atom is -0.379 e. The van der Waals surface area contributed by atoms with Gasteiger partial charge in [-0.3, -0.25) is 4.90 Å². The second kappa shape index (κ2) is 9.02. The number of amides is 2. The molecular weight excluding hydrogens is 306 g/mol. The van der Waals surface area contributed by atoms with Gasteiger partial charge in [0.1, 0.15) is 0 Å². The molecular formula is C18H33N3O3. The number of nitrogens with one attached hydrogen (secondary N) is 1. The zero-order valence-electron chi connectivity index (χ0n) is 15.0. The number of hydrogen-bond donors (Lipinski definition) is 1. The van der Waals surface area contributed by atoms with Crippen molar-refractivity contribution >= 4 is 6.03 Å². The van der Waals surface area contributed by atoms with Crippen molar-refractivity contribution in [1.82, 2.24) is 15.1 Å². The van der Waals surface area contributed by atoms with Crippen molar-refractivity contribution < 1.29 is 14.3 Å². The summed E-state index contributed by atoms with van der Waals surface area (Å²) in [5, 5.41) is 3.09. The van der Waals surface area contributed by atoms with E-state index in [1.165, 1.54) is 25.7 Å². The summed E-state index contributed by atoms with van der Waals surface area (Å²) < 4.78 is 11.1. The van der Waals surface area contributed by atoms with Crippen LogP contribution in [0.4, 0.5) is 4.79 Å². The molecule has 2 atom stereocenters. The molecule has 3 rings (SSSR count). The Hall–Kier alpha value is -0.850. The molecule has 0 spiro atoms. The summed E-state index contributed by atoms with van der Waals surface area (Å²) in [7, 11) is 0. The van der Waals surface area contributed by atoms with Crippen LogP contribution in [0.15, 0.2) is 0 Å². The molecule has 6 nitrogen and oxygen atoms in total. The van der Waals surface area contributed by atoms with Gasteiger partial charge in [0.05, 0.1) is 25.4 Å². The summed E-state index contributed by atoms with van der Waals surface area (Å²) in [5.74, 6) is 0. The van der Waals surface area contributed by atoms with Gasteiger partial charge in [0, 0.05) is 38.8 Å². The summed E-state index contributed by atoms with van der Waals surface area (Å²) >= 11 is 0. The first-order valence-corrected chi connectivity index (χ1v) is 9.71. The minimum absolute atomic E-state index is 0.0345. The second-order valence-corrected chi connectivity index (χ2v) is 7.48. The summed E-state index contributed by atoms with van der Waals surface area (Å²) in [4.78, 5) is 17.1. The third-order valence-corrected chi connectivity index (χ3v) is 5.50. The summed E-state index contributed by atoms with van der Waals surface area (Å²) in [6.45, 7) is 7.89. The van der Waals surface area contributed by atoms with Crippen molar-refractivity contribution in [2.45, 2.75) is 63.6 Å². The van der Waals surface area contributed by atoms with E-state index < -0.39 is 0 Å². The molecule has 0 unspecified atom stereocenters. The van der Waals surface area contributed by atoms with Gasteiger partial charge in [-0.15, -0.1) is 0 Å². The maximum Gasteiger partial charge on any atom is 0.317 e. The average Bonchev–Trinajstić information content (AvgIpc) is 3.23. The maximum absolute atomic E-state index is 12.5. The predicted molar refractivity (Wildman–Crippen MR) is 93.2 cm³/mol. The van der Waals surface area contributed by atoms with E-state index in [1.807, 2.05) is 11.8 Å². The van der Waals surface area contributed by atoms with Crippen molar-refractivity contribution in [1.29, 1.82) is 0 Å². The molecule has 0 aromatic rings. The quantitative estimate of drug-likeness (QED) is 0.830. The molecule has 1 aliphatic carbocycles. The Labute approximate surface area is 145 Å². The van der Waals surface area contributed by atoms with Gasteiger partial charge < -0.3 is 19.7 Å². The first-order chi connectivity index (χ1) is 11.7. The fraction of sp³-hybridized carbons (Fsp3) is 0.944. The van der Waals surface area contributed by atoms with E-state index in [9.17, 15) is 4.79 Å². The summed E-state index contributed by atoms with van der Waals surface area (Å²) in [6.07, 6.45) is 7.65. The SMILES string of the molecule is C[C@H](CO[C@H]1CCOC1)NC(=O)N1CCCN(C2CCCC2)CC1. The molecule has 138 valence electrons. The molecule has 0 aromatic heterocycles. The smallest absolute Gasteiger partial charge is 0.317 e. The van der Waals surface area contributed by atoms with Gasteiger partial charge in [-0.05, 0) is 32.6 Å². The summed E-state index contributed by atoms with van der Waals surface area (Å²) in [6, 6.07) is 0.850. The van der Waals surface area contributed by atoms with Gasteiger partial charge in [-0.2, -0.15) is 0 Å². The first-order valence-electron chi connectivity index (χ1n) is 9.71. The maximum atomic E-state index is 12.5. The van der Waals surface area contributed by atoms with Crippen LogP contribution >= 0.6 is 0 Å². The second-order valence-electron chi connectivity index (χ2n) is 7.48. The number of nitrogens with zero attached hydrogens (tertiary/aromatic N) is 2. The van der Waals surface area contributed by atoms with Gasteiger partial charge >= 0.3 is 6.03 Å². The molecule has 6 heteroatoms. The number of carbonyl (C=O) groups excluding carboxylic acids is 1. The monoisotopic (exact) mass is 339 g/mol. The van der Waals surface area contributed by atoms with Crippen molar-refractivity contribution in [3.63, 3.8) is 0 Å². The molecule has 2 amide bonds. The average molecular weight is 339 g/mol. The standard InChI is InChI=1S/C18H33N3O3/c1-15(13-24-17-7-12-23-14-17)19-18(22)21-9-4-8-20(10-11-21)16-5-2-3-6-16/h15-17H,2-14H2,1H3,(H,19,22)/t15-,17+/m1/s1. The molecule has 3 aliphatic rings. The van der Waals surface area contributed by atoms with Gasteiger partial charge in [0.25, 0.3) is 0 Å². The Bertz CT molecular complexity index is 395. The van der Waals surface area contributed by atoms with Gasteiger partial charge in [-0.25, -0.2) is 4.79 Å². The number of carbonyl (C=O) groups is 1. The Balaban J connectivity index is 1.37. The van der Waals surface area contributed by atoms with Crippen molar-refractivity contribution in [3.8, 4) is 0 Å². The van der Waals surface area contributed by atoms with E-state index in [0.29, 0.717) is 13.2 Å². The minimum atomic E-state index is 0.0345. The number of ether oxygens (including phenoxy) is 2. The lowest BCUT2D eigenvalue weighted by atomic mass is 10.2. The zero-order chi connectivity index (χ0) is 16.8. The zero-order valence-corrected chi connectivity index (χ0v) is 15.0. The lowest BCUT2D eigenvalue weighted by molar-refractivity contribution is 0.0330. The molecule has 24 heavy (non-hydrogen) atoms. The summed E-state index contributed by atoms with van der Waals surface area (Å²) in [5.41, 5.74) is 0. The highest BCUT2D eigenvalue weighted by Crippen LogP contribution is 2.24. The molecule has 0 bridgehead atoms. The van der Waals surface area contributed by atoms with Crippen LogP contribution < -0.4 is 5.32 Å². The Kier molecular flexibility index (Phi) is 6.75. The van der Waals surface area contributed by atoms with E-state index in [-0.39, 0.29) is 18.2 Å². The molecule has 0 aromatic carbocycles. The third kappa shape index (κ3) is 5.07. The molecule has 0 radical (unpaired) electrons. The molecule has 2 saturated heterocycles. The van der Waals surface area contributed by atoms with Gasteiger partial charge in [0.15, 0.2) is 0 Å². The normalized spacial score (nSPS) is 28.0. The molecule has 2 heterocycles. The number of urea groups is 1. The predicted octanol–water partition coefficient (Wildman–Crippen LogP) is 1.84. The first kappa shape index (κ1) is 18.0. The largest absolute Gasteiger partial charge is 0.379 e. The molecule has 1 saturated carbocycles. The van der Waals surface area contributed by atoms with Crippen LogP contribution in [0.2, 0.25) is 0 Å². The third-order valence-electron chi connectivity index (χ3n) is 5.50. The molecule has 3 fully saturated rings. The van der Waals surface area contributed by atoms with Crippen LogP contribution in [-0.2, 0) is 9.47 Å². The van der Waals surface area contributed by atoms with Crippen molar-refractivity contribution in [2.75, 3.05) is 46.0 Å². The Morgan fingerprint density at radius 3 is 2.75 bits per heavy atom. The van der Waals surface area contributed by atoms with E-state index >= 15 is 0 Å². The topological polar surface area (TPSA) is 54.0 Å². The van der Waals surface area contributed by atoms with E-state index in [2.05, 4.69) is 10.2 Å². The van der Waals surface area contributed by atoms with Crippen LogP contribution in [0.5, 0.6) is 0 Å². The van der Waals surface area contributed by atoms with E-state index in [0.717, 1.165) is 51.7 Å². The highest BCUT2D eigenvalue weighted by Gasteiger charge is 2.26. The molecule has 2 aliphatic heterocycles. The Morgan fingerprint density at radius 2 is 2.00 bits per heavy atom. The van der Waals surface area contributed by atoms with Gasteiger partial charge in [0.2, 0.25) is 0 Å². The number of rotatable bonds is 5. The van der Waals surface area contributed by atoms with Gasteiger partial charge in [-0.1, -0.05) is 12.8 Å². The lowest BCUT2D eigenvalue weighted by Gasteiger charge is -2.27. The van der Waals surface area contributed by atoms with Crippen LogP contribution in [0, 0.1) is 0 Å². The fourth-order valence-electron chi connectivity index (χ4n) is 4.04.